The zero-order valence-electron chi connectivity index (χ0n) is 10.9. The van der Waals surface area contributed by atoms with E-state index in [0.717, 1.165) is 25.9 Å². The molecule has 98 valence electrons. The van der Waals surface area contributed by atoms with Crippen molar-refractivity contribution in [1.29, 1.82) is 0 Å². The Morgan fingerprint density at radius 1 is 1.35 bits per heavy atom. The predicted octanol–water partition coefficient (Wildman–Crippen LogP) is 1.15. The van der Waals surface area contributed by atoms with Gasteiger partial charge in [-0.15, -0.1) is 0 Å². The smallest absolute Gasteiger partial charge is 0.225 e. The molecule has 2 fully saturated rings. The number of amides is 1. The molecule has 1 N–H and O–H groups in total. The fourth-order valence-electron chi connectivity index (χ4n) is 2.90. The second-order valence-corrected chi connectivity index (χ2v) is 5.35. The second kappa shape index (κ2) is 5.83. The van der Waals surface area contributed by atoms with Gasteiger partial charge in [0.15, 0.2) is 0 Å². The van der Waals surface area contributed by atoms with Crippen LogP contribution < -0.4 is 5.32 Å². The number of rotatable bonds is 4. The Morgan fingerprint density at radius 2 is 2.12 bits per heavy atom. The summed E-state index contributed by atoms with van der Waals surface area (Å²) in [6.07, 6.45) is 4.20. The lowest BCUT2D eigenvalue weighted by Gasteiger charge is -2.28. The van der Waals surface area contributed by atoms with Crippen molar-refractivity contribution in [2.24, 2.45) is 0 Å². The first-order valence-corrected chi connectivity index (χ1v) is 6.82. The topological polar surface area (TPSA) is 41.6 Å². The van der Waals surface area contributed by atoms with Gasteiger partial charge in [0.1, 0.15) is 0 Å². The van der Waals surface area contributed by atoms with Gasteiger partial charge >= 0.3 is 0 Å². The van der Waals surface area contributed by atoms with E-state index in [-0.39, 0.29) is 12.0 Å². The maximum Gasteiger partial charge on any atom is 0.225 e. The highest BCUT2D eigenvalue weighted by Gasteiger charge is 2.37. The zero-order valence-corrected chi connectivity index (χ0v) is 10.9. The second-order valence-electron chi connectivity index (χ2n) is 5.35. The molecule has 4 nitrogen and oxygen atoms in total. The van der Waals surface area contributed by atoms with Gasteiger partial charge in [0.25, 0.3) is 0 Å². The molecule has 1 amide bonds. The summed E-state index contributed by atoms with van der Waals surface area (Å²) in [5.41, 5.74) is 0. The lowest BCUT2D eigenvalue weighted by atomic mass is 10.1. The van der Waals surface area contributed by atoms with Crippen LogP contribution in [0.1, 0.15) is 39.5 Å². The van der Waals surface area contributed by atoms with Crippen molar-refractivity contribution >= 4 is 5.91 Å². The highest BCUT2D eigenvalue weighted by atomic mass is 16.5. The van der Waals surface area contributed by atoms with E-state index in [0.29, 0.717) is 25.1 Å². The number of nitrogens with zero attached hydrogens (tertiary/aromatic N) is 1. The lowest BCUT2D eigenvalue weighted by molar-refractivity contribution is -0.135. The third-order valence-electron chi connectivity index (χ3n) is 3.71. The Labute approximate surface area is 104 Å². The third kappa shape index (κ3) is 3.19. The molecule has 0 aromatic heterocycles. The summed E-state index contributed by atoms with van der Waals surface area (Å²) in [5.74, 6) is 0.279. The molecule has 0 spiro atoms. The summed E-state index contributed by atoms with van der Waals surface area (Å²) in [6, 6.07) is 0.899. The van der Waals surface area contributed by atoms with Crippen molar-refractivity contribution in [2.45, 2.75) is 57.7 Å². The lowest BCUT2D eigenvalue weighted by Crippen LogP contribution is -2.42. The van der Waals surface area contributed by atoms with E-state index >= 15 is 0 Å². The Balaban J connectivity index is 1.85. The molecular weight excluding hydrogens is 216 g/mol. The van der Waals surface area contributed by atoms with E-state index in [4.69, 9.17) is 4.74 Å². The molecular formula is C13H24N2O2. The Hall–Kier alpha value is -0.610. The van der Waals surface area contributed by atoms with Crippen molar-refractivity contribution in [1.82, 2.24) is 10.2 Å². The van der Waals surface area contributed by atoms with Crippen LogP contribution in [-0.2, 0) is 9.53 Å². The van der Waals surface area contributed by atoms with Crippen LogP contribution in [0.15, 0.2) is 0 Å². The highest BCUT2D eigenvalue weighted by Crippen LogP contribution is 2.28. The van der Waals surface area contributed by atoms with Crippen molar-refractivity contribution < 1.29 is 9.53 Å². The fraction of sp³-hybridized carbons (Fsp3) is 0.923. The molecule has 17 heavy (non-hydrogen) atoms. The highest BCUT2D eigenvalue weighted by molar-refractivity contribution is 5.77. The Bertz CT molecular complexity index is 254. The standard InChI is InChI=1S/C13H24N2O2/c1-10(2)17-8-6-13(16)15-11-3-4-12(15)9-14-7-5-11/h10-12,14H,3-9H2,1-2H3. The molecule has 2 heterocycles. The van der Waals surface area contributed by atoms with Crippen LogP contribution in [0.5, 0.6) is 0 Å². The van der Waals surface area contributed by atoms with E-state index in [1.165, 1.54) is 6.42 Å². The molecule has 4 heteroatoms. The van der Waals surface area contributed by atoms with Gasteiger partial charge in [-0.1, -0.05) is 0 Å². The van der Waals surface area contributed by atoms with Gasteiger partial charge in [-0.3, -0.25) is 4.79 Å². The van der Waals surface area contributed by atoms with Gasteiger partial charge in [-0.25, -0.2) is 0 Å². The Morgan fingerprint density at radius 3 is 2.88 bits per heavy atom. The van der Waals surface area contributed by atoms with Gasteiger partial charge in [0, 0.05) is 18.6 Å². The number of ether oxygens (including phenoxy) is 1. The first kappa shape index (κ1) is 12.8. The summed E-state index contributed by atoms with van der Waals surface area (Å²) in [4.78, 5) is 14.3. The molecule has 2 saturated heterocycles. The summed E-state index contributed by atoms with van der Waals surface area (Å²) < 4.78 is 5.46. The first-order valence-electron chi connectivity index (χ1n) is 6.82. The number of hydrogen-bond acceptors (Lipinski definition) is 3. The normalized spacial score (nSPS) is 28.5. The molecule has 2 unspecified atom stereocenters. The molecule has 0 aromatic rings. The van der Waals surface area contributed by atoms with E-state index in [9.17, 15) is 4.79 Å². The third-order valence-corrected chi connectivity index (χ3v) is 3.71. The zero-order chi connectivity index (χ0) is 12.3. The van der Waals surface area contributed by atoms with Crippen LogP contribution in [-0.4, -0.2) is 48.7 Å². The van der Waals surface area contributed by atoms with E-state index in [2.05, 4.69) is 10.2 Å². The van der Waals surface area contributed by atoms with Gasteiger partial charge < -0.3 is 15.0 Å². The summed E-state index contributed by atoms with van der Waals surface area (Å²) in [7, 11) is 0. The predicted molar refractivity (Wildman–Crippen MR) is 66.8 cm³/mol. The molecule has 0 saturated carbocycles. The van der Waals surface area contributed by atoms with Gasteiger partial charge in [0.05, 0.1) is 19.1 Å². The number of fused-ring (bicyclic) bond motifs is 2. The summed E-state index contributed by atoms with van der Waals surface area (Å²) >= 11 is 0. The van der Waals surface area contributed by atoms with Gasteiger partial charge in [0.2, 0.25) is 5.91 Å². The fourth-order valence-corrected chi connectivity index (χ4v) is 2.90. The van der Waals surface area contributed by atoms with E-state index < -0.39 is 0 Å². The first-order chi connectivity index (χ1) is 8.18. The summed E-state index contributed by atoms with van der Waals surface area (Å²) in [5, 5.41) is 3.41. The maximum atomic E-state index is 12.2. The Kier molecular flexibility index (Phi) is 4.40. The number of carbonyl (C=O) groups is 1. The van der Waals surface area contributed by atoms with Crippen molar-refractivity contribution in [3.8, 4) is 0 Å². The van der Waals surface area contributed by atoms with Crippen LogP contribution in [0.3, 0.4) is 0 Å². The molecule has 0 radical (unpaired) electrons. The van der Waals surface area contributed by atoms with Crippen LogP contribution in [0.2, 0.25) is 0 Å². The average molecular weight is 240 g/mol. The summed E-state index contributed by atoms with van der Waals surface area (Å²) in [6.45, 7) is 6.58. The van der Waals surface area contributed by atoms with Crippen LogP contribution in [0.25, 0.3) is 0 Å². The molecule has 2 bridgehead atoms. The number of nitrogens with one attached hydrogen (secondary N) is 1. The minimum Gasteiger partial charge on any atom is -0.378 e. The van der Waals surface area contributed by atoms with Crippen molar-refractivity contribution in [3.05, 3.63) is 0 Å². The minimum atomic E-state index is 0.213. The molecule has 2 atom stereocenters. The van der Waals surface area contributed by atoms with Crippen LogP contribution in [0, 0.1) is 0 Å². The quantitative estimate of drug-likeness (QED) is 0.801. The molecule has 0 aromatic carbocycles. The maximum absolute atomic E-state index is 12.2. The minimum absolute atomic E-state index is 0.213. The molecule has 2 aliphatic heterocycles. The number of carbonyl (C=O) groups excluding carboxylic acids is 1. The SMILES string of the molecule is CC(C)OCCC(=O)N1C2CCNCC1CC2. The van der Waals surface area contributed by atoms with Gasteiger partial charge in [-0.05, 0) is 39.7 Å². The van der Waals surface area contributed by atoms with E-state index in [1.807, 2.05) is 13.8 Å². The van der Waals surface area contributed by atoms with Crippen LogP contribution in [0.4, 0.5) is 0 Å². The van der Waals surface area contributed by atoms with Gasteiger partial charge in [-0.2, -0.15) is 0 Å². The molecule has 0 aliphatic carbocycles. The van der Waals surface area contributed by atoms with E-state index in [1.54, 1.807) is 0 Å². The molecule has 2 aliphatic rings. The number of hydrogen-bond donors (Lipinski definition) is 1. The van der Waals surface area contributed by atoms with Crippen molar-refractivity contribution in [3.63, 3.8) is 0 Å². The van der Waals surface area contributed by atoms with Crippen LogP contribution >= 0.6 is 0 Å². The van der Waals surface area contributed by atoms with Crippen molar-refractivity contribution in [2.75, 3.05) is 19.7 Å². The largest absolute Gasteiger partial charge is 0.378 e. The average Bonchev–Trinajstić information content (AvgIpc) is 2.51. The monoisotopic (exact) mass is 240 g/mol. The molecule has 2 rings (SSSR count).